The molecule has 69 heavy (non-hydrogen) atoms. The minimum absolute atomic E-state index is 0.0505. The normalized spacial score (nSPS) is 18.9. The summed E-state index contributed by atoms with van der Waals surface area (Å²) in [5.41, 5.74) is 0. The number of carboxylic acids is 1. The van der Waals surface area contributed by atoms with Crippen LogP contribution in [0, 0.1) is 0 Å². The molecule has 0 bridgehead atoms. The second kappa shape index (κ2) is 46.0. The van der Waals surface area contributed by atoms with E-state index in [1.54, 1.807) is 0 Å². The molecule has 0 radical (unpaired) electrons. The number of aliphatic hydroxyl groups is 2. The van der Waals surface area contributed by atoms with E-state index in [1.807, 2.05) is 0 Å². The summed E-state index contributed by atoms with van der Waals surface area (Å²) in [6.07, 6.45) is 39.9. The van der Waals surface area contributed by atoms with E-state index in [9.17, 15) is 34.5 Å². The van der Waals surface area contributed by atoms with Crippen molar-refractivity contribution in [3.05, 3.63) is 36.5 Å². The molecule has 0 aliphatic carbocycles. The molecule has 1 fully saturated rings. The number of aliphatic carboxylic acids is 1. The Kier molecular flexibility index (Phi) is 42.7. The molecule has 0 aromatic heterocycles. The Morgan fingerprint density at radius 2 is 0.913 bits per heavy atom. The van der Waals surface area contributed by atoms with Crippen molar-refractivity contribution in [1.82, 2.24) is 0 Å². The SMILES string of the molecule is CCC/C=C\C/C=C\CCCCCCCC(=O)OC(COC(=O)CCCCCCCCCCCCCCCCC)COC1OC(C(=O)O)C(O)C(O)C1OC(=O)CCCCCCC/C=C\CCCC. The molecular formula is C57H100O12. The van der Waals surface area contributed by atoms with Crippen LogP contribution in [0.25, 0.3) is 0 Å². The van der Waals surface area contributed by atoms with Gasteiger partial charge < -0.3 is 39.0 Å². The van der Waals surface area contributed by atoms with Crippen LogP contribution in [0.5, 0.6) is 0 Å². The van der Waals surface area contributed by atoms with Crippen molar-refractivity contribution in [3.63, 3.8) is 0 Å². The number of carbonyl (C=O) groups is 4. The Bertz CT molecular complexity index is 1350. The summed E-state index contributed by atoms with van der Waals surface area (Å²) in [6, 6.07) is 0. The van der Waals surface area contributed by atoms with Gasteiger partial charge in [0.05, 0.1) is 6.61 Å². The summed E-state index contributed by atoms with van der Waals surface area (Å²) in [5.74, 6) is -3.13. The Balaban J connectivity index is 2.71. The summed E-state index contributed by atoms with van der Waals surface area (Å²) in [6.45, 7) is 5.87. The number of rotatable bonds is 47. The molecule has 1 saturated heterocycles. The van der Waals surface area contributed by atoms with Gasteiger partial charge in [-0.3, -0.25) is 14.4 Å². The van der Waals surface area contributed by atoms with Gasteiger partial charge in [0, 0.05) is 19.3 Å². The molecule has 1 aliphatic rings. The van der Waals surface area contributed by atoms with Gasteiger partial charge in [-0.05, 0) is 64.2 Å². The Morgan fingerprint density at radius 3 is 1.42 bits per heavy atom. The molecule has 0 saturated carbocycles. The molecule has 400 valence electrons. The van der Waals surface area contributed by atoms with Gasteiger partial charge in [-0.1, -0.05) is 205 Å². The molecule has 3 N–H and O–H groups in total. The minimum atomic E-state index is -1.90. The maximum Gasteiger partial charge on any atom is 0.335 e. The lowest BCUT2D eigenvalue weighted by molar-refractivity contribution is -0.301. The molecule has 1 heterocycles. The third kappa shape index (κ3) is 36.5. The second-order valence-corrected chi connectivity index (χ2v) is 19.2. The summed E-state index contributed by atoms with van der Waals surface area (Å²) < 4.78 is 28.3. The van der Waals surface area contributed by atoms with E-state index in [1.165, 1.54) is 83.5 Å². The first-order valence-electron chi connectivity index (χ1n) is 28.0. The number of allylic oxidation sites excluding steroid dienone is 6. The molecule has 12 heteroatoms. The largest absolute Gasteiger partial charge is 0.479 e. The zero-order chi connectivity index (χ0) is 50.4. The van der Waals surface area contributed by atoms with Gasteiger partial charge in [-0.25, -0.2) is 4.79 Å². The highest BCUT2D eigenvalue weighted by Crippen LogP contribution is 2.26. The van der Waals surface area contributed by atoms with E-state index in [0.29, 0.717) is 19.3 Å². The topological polar surface area (TPSA) is 175 Å². The molecule has 6 unspecified atom stereocenters. The van der Waals surface area contributed by atoms with Crippen molar-refractivity contribution in [2.45, 2.75) is 289 Å². The van der Waals surface area contributed by atoms with Crippen molar-refractivity contribution < 1.29 is 58.2 Å². The number of carbonyl (C=O) groups excluding carboxylic acids is 3. The van der Waals surface area contributed by atoms with E-state index in [2.05, 4.69) is 57.2 Å². The molecule has 0 amide bonds. The maximum absolute atomic E-state index is 13.1. The van der Waals surface area contributed by atoms with Crippen LogP contribution in [0.3, 0.4) is 0 Å². The molecule has 0 aromatic rings. The van der Waals surface area contributed by atoms with Crippen LogP contribution in [-0.4, -0.2) is 89.2 Å². The quantitative estimate of drug-likeness (QED) is 0.0228. The fourth-order valence-corrected chi connectivity index (χ4v) is 8.33. The third-order valence-corrected chi connectivity index (χ3v) is 12.7. The van der Waals surface area contributed by atoms with Crippen molar-refractivity contribution in [3.8, 4) is 0 Å². The smallest absolute Gasteiger partial charge is 0.335 e. The summed E-state index contributed by atoms with van der Waals surface area (Å²) in [4.78, 5) is 50.9. The predicted octanol–water partition coefficient (Wildman–Crippen LogP) is 13.7. The lowest BCUT2D eigenvalue weighted by atomic mass is 9.98. The predicted molar refractivity (Wildman–Crippen MR) is 276 cm³/mol. The van der Waals surface area contributed by atoms with Crippen LogP contribution in [0.2, 0.25) is 0 Å². The highest BCUT2D eigenvalue weighted by atomic mass is 16.7. The standard InChI is InChI=1S/C57H100O12/c1-4-7-10-13-16-19-22-24-25-27-29-31-34-37-40-43-49(58)65-46-48(67-50(59)44-41-38-35-33-30-26-23-20-17-14-11-8-5-2)47-66-57-55(53(62)52(61)54(69-57)56(63)64)68-51(60)45-42-39-36-32-28-21-18-15-12-9-6-3/h11,14-15,18,20,23,48,52-55,57,61-62H,4-10,12-13,16-17,19,21-22,24-47H2,1-3H3,(H,63,64)/b14-11-,18-15-,23-20-. The Hall–Kier alpha value is -3.06. The monoisotopic (exact) mass is 977 g/mol. The molecular weight excluding hydrogens is 877 g/mol. The third-order valence-electron chi connectivity index (χ3n) is 12.7. The first-order chi connectivity index (χ1) is 33.6. The van der Waals surface area contributed by atoms with E-state index < -0.39 is 67.3 Å². The summed E-state index contributed by atoms with van der Waals surface area (Å²) in [7, 11) is 0. The van der Waals surface area contributed by atoms with Crippen LogP contribution in [0.1, 0.15) is 252 Å². The highest BCUT2D eigenvalue weighted by Gasteiger charge is 2.50. The van der Waals surface area contributed by atoms with E-state index in [0.717, 1.165) is 109 Å². The number of carboxylic acid groups (broad SMARTS) is 1. The number of esters is 3. The van der Waals surface area contributed by atoms with Crippen LogP contribution in [-0.2, 0) is 42.9 Å². The Morgan fingerprint density at radius 1 is 0.478 bits per heavy atom. The van der Waals surface area contributed by atoms with E-state index >= 15 is 0 Å². The van der Waals surface area contributed by atoms with Crippen LogP contribution in [0.4, 0.5) is 0 Å². The second-order valence-electron chi connectivity index (χ2n) is 19.2. The van der Waals surface area contributed by atoms with Gasteiger partial charge >= 0.3 is 23.9 Å². The van der Waals surface area contributed by atoms with Crippen molar-refractivity contribution >= 4 is 23.9 Å². The van der Waals surface area contributed by atoms with Gasteiger partial charge in [-0.15, -0.1) is 0 Å². The van der Waals surface area contributed by atoms with Crippen LogP contribution < -0.4 is 0 Å². The molecule has 0 aromatic carbocycles. The number of hydrogen-bond acceptors (Lipinski definition) is 11. The van der Waals surface area contributed by atoms with Gasteiger partial charge in [0.25, 0.3) is 0 Å². The number of unbranched alkanes of at least 4 members (excludes halogenated alkanes) is 27. The number of hydrogen-bond donors (Lipinski definition) is 3. The van der Waals surface area contributed by atoms with Crippen molar-refractivity contribution in [2.24, 2.45) is 0 Å². The van der Waals surface area contributed by atoms with Gasteiger partial charge in [0.2, 0.25) is 0 Å². The molecule has 1 aliphatic heterocycles. The minimum Gasteiger partial charge on any atom is -0.479 e. The molecule has 6 atom stereocenters. The number of aliphatic hydroxyl groups excluding tert-OH is 2. The van der Waals surface area contributed by atoms with E-state index in [4.69, 9.17) is 23.7 Å². The lowest BCUT2D eigenvalue weighted by Crippen LogP contribution is -2.61. The number of ether oxygens (including phenoxy) is 5. The molecule has 0 spiro atoms. The average Bonchev–Trinajstić information content (AvgIpc) is 3.33. The summed E-state index contributed by atoms with van der Waals surface area (Å²) in [5, 5.41) is 31.3. The Labute approximate surface area is 419 Å². The first kappa shape index (κ1) is 64.0. The fraction of sp³-hybridized carbons (Fsp3) is 0.825. The lowest BCUT2D eigenvalue weighted by Gasteiger charge is -2.40. The first-order valence-corrected chi connectivity index (χ1v) is 28.0. The van der Waals surface area contributed by atoms with Crippen molar-refractivity contribution in [1.29, 1.82) is 0 Å². The molecule has 1 rings (SSSR count). The van der Waals surface area contributed by atoms with Gasteiger partial charge in [-0.2, -0.15) is 0 Å². The van der Waals surface area contributed by atoms with Gasteiger partial charge in [0.1, 0.15) is 18.8 Å². The van der Waals surface area contributed by atoms with Crippen LogP contribution >= 0.6 is 0 Å². The maximum atomic E-state index is 13.1. The van der Waals surface area contributed by atoms with Gasteiger partial charge in [0.15, 0.2) is 24.6 Å². The molecule has 12 nitrogen and oxygen atoms in total. The van der Waals surface area contributed by atoms with Crippen LogP contribution in [0.15, 0.2) is 36.5 Å². The van der Waals surface area contributed by atoms with Crippen molar-refractivity contribution in [2.75, 3.05) is 13.2 Å². The highest BCUT2D eigenvalue weighted by molar-refractivity contribution is 5.74. The average molecular weight is 977 g/mol. The fourth-order valence-electron chi connectivity index (χ4n) is 8.33. The zero-order valence-corrected chi connectivity index (χ0v) is 43.8. The zero-order valence-electron chi connectivity index (χ0n) is 43.8. The van der Waals surface area contributed by atoms with E-state index in [-0.39, 0.29) is 25.9 Å². The summed E-state index contributed by atoms with van der Waals surface area (Å²) >= 11 is 0.